The maximum absolute atomic E-state index is 12.0. The highest BCUT2D eigenvalue weighted by atomic mass is 32.1. The number of benzene rings is 1. The topological polar surface area (TPSA) is 72.6 Å². The molecule has 0 spiro atoms. The van der Waals surface area contributed by atoms with Gasteiger partial charge in [-0.05, 0) is 24.6 Å². The summed E-state index contributed by atoms with van der Waals surface area (Å²) in [7, 11) is 0. The van der Waals surface area contributed by atoms with Gasteiger partial charge >= 0.3 is 0 Å². The van der Waals surface area contributed by atoms with Crippen LogP contribution in [0.1, 0.15) is 12.5 Å². The number of rotatable bonds is 2. The minimum absolute atomic E-state index is 0.0370. The number of hydrogen-bond donors (Lipinski definition) is 2. The number of nitrogens with zero attached hydrogens (tertiary/aromatic N) is 1. The van der Waals surface area contributed by atoms with Crippen LogP contribution >= 0.6 is 12.6 Å². The van der Waals surface area contributed by atoms with Crippen LogP contribution in [0.15, 0.2) is 18.2 Å². The summed E-state index contributed by atoms with van der Waals surface area (Å²) in [6.07, 6.45) is -0.676. The van der Waals surface area contributed by atoms with E-state index in [4.69, 9.17) is 10.5 Å². The predicted octanol–water partition coefficient (Wildman–Crippen LogP) is 0.716. The lowest BCUT2D eigenvalue weighted by Crippen LogP contribution is -2.48. The number of carbonyl (C=O) groups excluding carboxylic acids is 2. The molecule has 96 valence electrons. The number of carbonyl (C=O) groups is 2. The summed E-state index contributed by atoms with van der Waals surface area (Å²) in [6.45, 7) is 1.95. The van der Waals surface area contributed by atoms with Gasteiger partial charge in [0.05, 0.1) is 11.4 Å². The minimum atomic E-state index is -0.676. The number of nitrogens with two attached hydrogens (primary N) is 1. The van der Waals surface area contributed by atoms with Crippen molar-refractivity contribution in [1.29, 1.82) is 0 Å². The molecule has 1 unspecified atom stereocenters. The SMILES string of the molecule is CC1Oc2ccc(CN)cc2N(C(=O)CS)C1=O. The van der Waals surface area contributed by atoms with Crippen molar-refractivity contribution in [1.82, 2.24) is 0 Å². The zero-order valence-electron chi connectivity index (χ0n) is 9.92. The summed E-state index contributed by atoms with van der Waals surface area (Å²) < 4.78 is 5.46. The van der Waals surface area contributed by atoms with Crippen LogP contribution in [0.3, 0.4) is 0 Å². The van der Waals surface area contributed by atoms with Crippen LogP contribution in [0.25, 0.3) is 0 Å². The van der Waals surface area contributed by atoms with Crippen LogP contribution in [-0.2, 0) is 16.1 Å². The minimum Gasteiger partial charge on any atom is -0.479 e. The molecule has 0 saturated heterocycles. The fourth-order valence-corrected chi connectivity index (χ4v) is 1.98. The fraction of sp³-hybridized carbons (Fsp3) is 0.333. The van der Waals surface area contributed by atoms with Gasteiger partial charge in [0.15, 0.2) is 6.10 Å². The van der Waals surface area contributed by atoms with Gasteiger partial charge in [-0.25, -0.2) is 4.90 Å². The lowest BCUT2D eigenvalue weighted by atomic mass is 10.1. The number of ether oxygens (including phenoxy) is 1. The van der Waals surface area contributed by atoms with E-state index in [1.165, 1.54) is 0 Å². The molecule has 1 atom stereocenters. The molecule has 1 heterocycles. The molecule has 6 heteroatoms. The highest BCUT2D eigenvalue weighted by Gasteiger charge is 2.35. The largest absolute Gasteiger partial charge is 0.479 e. The second kappa shape index (κ2) is 4.99. The molecular formula is C12H14N2O3S. The molecule has 18 heavy (non-hydrogen) atoms. The van der Waals surface area contributed by atoms with E-state index in [9.17, 15) is 9.59 Å². The van der Waals surface area contributed by atoms with E-state index in [0.717, 1.165) is 10.5 Å². The maximum Gasteiger partial charge on any atom is 0.274 e. The summed E-state index contributed by atoms with van der Waals surface area (Å²) in [5.41, 5.74) is 6.83. The van der Waals surface area contributed by atoms with Gasteiger partial charge in [-0.1, -0.05) is 6.07 Å². The Morgan fingerprint density at radius 1 is 1.56 bits per heavy atom. The van der Waals surface area contributed by atoms with Crippen LogP contribution in [0, 0.1) is 0 Å². The van der Waals surface area contributed by atoms with Crippen molar-refractivity contribution < 1.29 is 14.3 Å². The third-order valence-corrected chi connectivity index (χ3v) is 3.03. The first-order valence-electron chi connectivity index (χ1n) is 5.55. The summed E-state index contributed by atoms with van der Waals surface area (Å²) in [6, 6.07) is 5.23. The average molecular weight is 266 g/mol. The Morgan fingerprint density at radius 2 is 2.28 bits per heavy atom. The monoisotopic (exact) mass is 266 g/mol. The van der Waals surface area contributed by atoms with Crippen LogP contribution < -0.4 is 15.4 Å². The molecule has 0 aliphatic carbocycles. The molecule has 2 amide bonds. The van der Waals surface area contributed by atoms with E-state index in [1.54, 1.807) is 19.1 Å². The fourth-order valence-electron chi connectivity index (χ4n) is 1.83. The molecule has 1 aliphatic rings. The van der Waals surface area contributed by atoms with Crippen molar-refractivity contribution >= 4 is 30.1 Å². The van der Waals surface area contributed by atoms with Crippen LogP contribution in [0.2, 0.25) is 0 Å². The third-order valence-electron chi connectivity index (χ3n) is 2.76. The van der Waals surface area contributed by atoms with Gasteiger partial charge in [-0.2, -0.15) is 12.6 Å². The Labute approximate surface area is 110 Å². The highest BCUT2D eigenvalue weighted by molar-refractivity contribution is 7.81. The number of amides is 2. The van der Waals surface area contributed by atoms with Gasteiger partial charge in [-0.15, -0.1) is 0 Å². The summed E-state index contributed by atoms with van der Waals surface area (Å²) in [5.74, 6) is -0.274. The Balaban J connectivity index is 2.53. The zero-order valence-corrected chi connectivity index (χ0v) is 10.8. The number of fused-ring (bicyclic) bond motifs is 1. The molecule has 0 saturated carbocycles. The smallest absolute Gasteiger partial charge is 0.274 e. The second-order valence-corrected chi connectivity index (χ2v) is 4.31. The first-order valence-corrected chi connectivity index (χ1v) is 6.19. The van der Waals surface area contributed by atoms with E-state index in [-0.39, 0.29) is 17.6 Å². The van der Waals surface area contributed by atoms with Gasteiger partial charge in [0, 0.05) is 6.54 Å². The van der Waals surface area contributed by atoms with Gasteiger partial charge < -0.3 is 10.5 Å². The Bertz CT molecular complexity index is 504. The van der Waals surface area contributed by atoms with E-state index in [0.29, 0.717) is 18.0 Å². The van der Waals surface area contributed by atoms with Crippen molar-refractivity contribution in [3.63, 3.8) is 0 Å². The molecule has 1 aromatic carbocycles. The summed E-state index contributed by atoms with van der Waals surface area (Å²) in [4.78, 5) is 25.0. The molecule has 0 bridgehead atoms. The van der Waals surface area contributed by atoms with E-state index in [2.05, 4.69) is 12.6 Å². The van der Waals surface area contributed by atoms with Gasteiger partial charge in [-0.3, -0.25) is 9.59 Å². The molecule has 1 aromatic rings. The normalized spacial score (nSPS) is 18.3. The quantitative estimate of drug-likeness (QED) is 0.774. The second-order valence-electron chi connectivity index (χ2n) is 3.99. The summed E-state index contributed by atoms with van der Waals surface area (Å²) in [5, 5.41) is 0. The Hall–Kier alpha value is -1.53. The molecule has 2 rings (SSSR count). The van der Waals surface area contributed by atoms with Gasteiger partial charge in [0.1, 0.15) is 5.75 Å². The third kappa shape index (κ3) is 2.09. The van der Waals surface area contributed by atoms with Crippen molar-refractivity contribution in [3.05, 3.63) is 23.8 Å². The molecule has 0 fully saturated rings. The van der Waals surface area contributed by atoms with Crippen LogP contribution in [0.4, 0.5) is 5.69 Å². The van der Waals surface area contributed by atoms with Gasteiger partial charge in [0.25, 0.3) is 5.91 Å². The Kier molecular flexibility index (Phi) is 3.58. The average Bonchev–Trinajstić information content (AvgIpc) is 2.39. The zero-order chi connectivity index (χ0) is 13.3. The van der Waals surface area contributed by atoms with Crippen molar-refractivity contribution in [2.45, 2.75) is 19.6 Å². The maximum atomic E-state index is 12.0. The van der Waals surface area contributed by atoms with Crippen LogP contribution in [-0.4, -0.2) is 23.7 Å². The van der Waals surface area contributed by atoms with Crippen molar-refractivity contribution in [2.75, 3.05) is 10.7 Å². The molecule has 2 N–H and O–H groups in total. The van der Waals surface area contributed by atoms with Gasteiger partial charge in [0.2, 0.25) is 5.91 Å². The number of anilines is 1. The van der Waals surface area contributed by atoms with Crippen LogP contribution in [0.5, 0.6) is 5.75 Å². The Morgan fingerprint density at radius 3 is 2.89 bits per heavy atom. The molecule has 5 nitrogen and oxygen atoms in total. The predicted molar refractivity (Wildman–Crippen MR) is 70.8 cm³/mol. The lowest BCUT2D eigenvalue weighted by Gasteiger charge is -2.31. The van der Waals surface area contributed by atoms with E-state index >= 15 is 0 Å². The van der Waals surface area contributed by atoms with Crippen molar-refractivity contribution in [3.8, 4) is 5.75 Å². The lowest BCUT2D eigenvalue weighted by molar-refractivity contribution is -0.130. The van der Waals surface area contributed by atoms with E-state index < -0.39 is 6.10 Å². The molecule has 0 radical (unpaired) electrons. The first kappa shape index (κ1) is 12.9. The first-order chi connectivity index (χ1) is 8.58. The standard InChI is InChI=1S/C12H14N2O3S/c1-7-12(16)14(11(15)6-18)9-4-8(5-13)2-3-10(9)17-7/h2-4,7,18H,5-6,13H2,1H3. The highest BCUT2D eigenvalue weighted by Crippen LogP contribution is 2.35. The number of imide groups is 1. The molecule has 1 aliphatic heterocycles. The molecular weight excluding hydrogens is 252 g/mol. The number of thiol groups is 1. The van der Waals surface area contributed by atoms with Crippen molar-refractivity contribution in [2.24, 2.45) is 5.73 Å². The molecule has 0 aromatic heterocycles. The summed E-state index contributed by atoms with van der Waals surface area (Å²) >= 11 is 3.93. The van der Waals surface area contributed by atoms with E-state index in [1.807, 2.05) is 6.07 Å². The number of hydrogen-bond acceptors (Lipinski definition) is 5.